The summed E-state index contributed by atoms with van der Waals surface area (Å²) in [6, 6.07) is 11.8. The Morgan fingerprint density at radius 3 is 2.59 bits per heavy atom. The Balaban J connectivity index is 1.52. The van der Waals surface area contributed by atoms with Crippen molar-refractivity contribution < 1.29 is 13.9 Å². The second-order valence-electron chi connectivity index (χ2n) is 7.65. The van der Waals surface area contributed by atoms with Crippen molar-refractivity contribution in [3.05, 3.63) is 53.1 Å². The van der Waals surface area contributed by atoms with Gasteiger partial charge in [0.15, 0.2) is 22.2 Å². The molecule has 0 radical (unpaired) electrons. The van der Waals surface area contributed by atoms with Crippen molar-refractivity contribution in [1.29, 1.82) is 0 Å². The van der Waals surface area contributed by atoms with Gasteiger partial charge in [0, 0.05) is 17.6 Å². The summed E-state index contributed by atoms with van der Waals surface area (Å²) in [6.45, 7) is 8.72. The number of ether oxygens (including phenoxy) is 1. The van der Waals surface area contributed by atoms with Gasteiger partial charge >= 0.3 is 0 Å². The fourth-order valence-corrected chi connectivity index (χ4v) is 4.66. The highest BCUT2D eigenvalue weighted by atomic mass is 32.2. The van der Waals surface area contributed by atoms with Crippen LogP contribution in [0, 0.1) is 20.8 Å². The normalized spacial score (nSPS) is 11.2. The highest BCUT2D eigenvalue weighted by Crippen LogP contribution is 2.34. The van der Waals surface area contributed by atoms with Crippen molar-refractivity contribution in [3.8, 4) is 17.3 Å². The highest BCUT2D eigenvalue weighted by Gasteiger charge is 2.19. The van der Waals surface area contributed by atoms with Crippen LogP contribution >= 0.6 is 11.8 Å². The molecule has 0 bridgehead atoms. The van der Waals surface area contributed by atoms with Gasteiger partial charge in [0.05, 0.1) is 12.9 Å². The van der Waals surface area contributed by atoms with E-state index in [0.717, 1.165) is 22.2 Å². The van der Waals surface area contributed by atoms with Crippen molar-refractivity contribution in [2.75, 3.05) is 18.2 Å². The van der Waals surface area contributed by atoms with Crippen LogP contribution in [0.4, 0.5) is 5.69 Å². The number of hydrogen-bond donors (Lipinski definition) is 1. The molecule has 2 aromatic heterocycles. The Labute approximate surface area is 191 Å². The van der Waals surface area contributed by atoms with E-state index >= 15 is 0 Å². The zero-order valence-electron chi connectivity index (χ0n) is 18.9. The molecule has 1 N–H and O–H groups in total. The molecule has 0 aliphatic heterocycles. The first-order valence-corrected chi connectivity index (χ1v) is 11.4. The average molecular weight is 451 g/mol. The molecule has 2 heterocycles. The molecule has 0 saturated carbocycles. The molecular weight excluding hydrogens is 424 g/mol. The zero-order chi connectivity index (χ0) is 22.8. The topological polar surface area (TPSA) is 82.2 Å². The van der Waals surface area contributed by atoms with Gasteiger partial charge in [0.1, 0.15) is 0 Å². The summed E-state index contributed by atoms with van der Waals surface area (Å²) < 4.78 is 13.4. The number of amides is 1. The van der Waals surface area contributed by atoms with Gasteiger partial charge < -0.3 is 14.5 Å². The Morgan fingerprint density at radius 1 is 1.16 bits per heavy atom. The number of carbonyl (C=O) groups excluding carboxylic acids is 1. The van der Waals surface area contributed by atoms with Crippen LogP contribution in [-0.2, 0) is 11.3 Å². The predicted octanol–water partition coefficient (Wildman–Crippen LogP) is 5.38. The van der Waals surface area contributed by atoms with Crippen LogP contribution in [0.2, 0.25) is 0 Å². The van der Waals surface area contributed by atoms with E-state index in [-0.39, 0.29) is 11.7 Å². The predicted molar refractivity (Wildman–Crippen MR) is 127 cm³/mol. The summed E-state index contributed by atoms with van der Waals surface area (Å²) in [5.41, 5.74) is 4.84. The molecule has 0 aliphatic rings. The van der Waals surface area contributed by atoms with Gasteiger partial charge in [-0.15, -0.1) is 10.2 Å². The first-order valence-electron chi connectivity index (χ1n) is 10.4. The van der Waals surface area contributed by atoms with Gasteiger partial charge in [-0.05, 0) is 51.0 Å². The van der Waals surface area contributed by atoms with E-state index in [0.29, 0.717) is 34.6 Å². The standard InChI is InChI=1S/C24H26N4O3S/c1-6-28-23(19-12-17-8-7-9-18(30-5)22(17)31-19)26-27-24(28)32-13-20(29)25-21-15(3)10-14(2)11-16(21)4/h7-12H,6,13H2,1-5H3,(H,25,29). The molecule has 0 fully saturated rings. The molecule has 4 aromatic rings. The molecule has 2 aromatic carbocycles. The van der Waals surface area contributed by atoms with Gasteiger partial charge in [0.2, 0.25) is 11.7 Å². The number of fused-ring (bicyclic) bond motifs is 1. The van der Waals surface area contributed by atoms with Crippen molar-refractivity contribution in [2.24, 2.45) is 0 Å². The first-order chi connectivity index (χ1) is 15.4. The Bertz CT molecular complexity index is 1270. The second-order valence-corrected chi connectivity index (χ2v) is 8.59. The average Bonchev–Trinajstić information content (AvgIpc) is 3.37. The number of benzene rings is 2. The summed E-state index contributed by atoms with van der Waals surface area (Å²) in [4.78, 5) is 12.6. The van der Waals surface area contributed by atoms with Crippen LogP contribution < -0.4 is 10.1 Å². The lowest BCUT2D eigenvalue weighted by molar-refractivity contribution is -0.113. The van der Waals surface area contributed by atoms with E-state index in [2.05, 4.69) is 34.6 Å². The Kier molecular flexibility index (Phi) is 6.23. The van der Waals surface area contributed by atoms with Gasteiger partial charge in [-0.3, -0.25) is 9.36 Å². The lowest BCUT2D eigenvalue weighted by Crippen LogP contribution is -2.16. The van der Waals surface area contributed by atoms with Crippen LogP contribution in [0.3, 0.4) is 0 Å². The maximum Gasteiger partial charge on any atom is 0.234 e. The van der Waals surface area contributed by atoms with E-state index in [1.807, 2.05) is 49.6 Å². The molecule has 166 valence electrons. The largest absolute Gasteiger partial charge is 0.493 e. The highest BCUT2D eigenvalue weighted by molar-refractivity contribution is 7.99. The van der Waals surface area contributed by atoms with Crippen LogP contribution in [0.25, 0.3) is 22.6 Å². The molecule has 0 unspecified atom stereocenters. The Hall–Kier alpha value is -3.26. The molecule has 0 spiro atoms. The van der Waals surface area contributed by atoms with E-state index in [1.54, 1.807) is 7.11 Å². The lowest BCUT2D eigenvalue weighted by Gasteiger charge is -2.12. The van der Waals surface area contributed by atoms with Crippen molar-refractivity contribution in [2.45, 2.75) is 39.4 Å². The number of methoxy groups -OCH3 is 1. The maximum absolute atomic E-state index is 12.6. The van der Waals surface area contributed by atoms with Crippen LogP contribution in [0.1, 0.15) is 23.6 Å². The van der Waals surface area contributed by atoms with Crippen LogP contribution in [0.15, 0.2) is 46.0 Å². The molecule has 32 heavy (non-hydrogen) atoms. The van der Waals surface area contributed by atoms with Gasteiger partial charge in [-0.1, -0.05) is 41.6 Å². The third-order valence-electron chi connectivity index (χ3n) is 5.26. The van der Waals surface area contributed by atoms with Crippen LogP contribution in [-0.4, -0.2) is 33.5 Å². The third kappa shape index (κ3) is 4.23. The number of aryl methyl sites for hydroxylation is 3. The van der Waals surface area contributed by atoms with Gasteiger partial charge in [-0.25, -0.2) is 0 Å². The number of furan rings is 1. The van der Waals surface area contributed by atoms with Crippen molar-refractivity contribution in [3.63, 3.8) is 0 Å². The molecule has 7 nitrogen and oxygen atoms in total. The molecule has 0 saturated heterocycles. The molecule has 0 aliphatic carbocycles. The fraction of sp³-hybridized carbons (Fsp3) is 0.292. The monoisotopic (exact) mass is 450 g/mol. The third-order valence-corrected chi connectivity index (χ3v) is 6.22. The maximum atomic E-state index is 12.6. The quantitative estimate of drug-likeness (QED) is 0.381. The number of carbonyl (C=O) groups is 1. The number of aromatic nitrogens is 3. The number of hydrogen-bond acceptors (Lipinski definition) is 6. The molecule has 4 rings (SSSR count). The SMILES string of the molecule is CCn1c(SCC(=O)Nc2c(C)cc(C)cc2C)nnc1-c1cc2cccc(OC)c2o1. The van der Waals surface area contributed by atoms with Crippen LogP contribution in [0.5, 0.6) is 5.75 Å². The summed E-state index contributed by atoms with van der Waals surface area (Å²) in [7, 11) is 1.62. The molecular formula is C24H26N4O3S. The fourth-order valence-electron chi connectivity index (χ4n) is 3.85. The number of para-hydroxylation sites is 1. The second kappa shape index (κ2) is 9.08. The summed E-state index contributed by atoms with van der Waals surface area (Å²) in [5.74, 6) is 2.06. The van der Waals surface area contributed by atoms with Gasteiger partial charge in [0.25, 0.3) is 0 Å². The summed E-state index contributed by atoms with van der Waals surface area (Å²) in [5, 5.41) is 13.3. The number of anilines is 1. The summed E-state index contributed by atoms with van der Waals surface area (Å²) >= 11 is 1.35. The Morgan fingerprint density at radius 2 is 1.91 bits per heavy atom. The van der Waals surface area contributed by atoms with E-state index in [1.165, 1.54) is 17.3 Å². The minimum atomic E-state index is -0.0780. The zero-order valence-corrected chi connectivity index (χ0v) is 19.7. The van der Waals surface area contributed by atoms with E-state index in [4.69, 9.17) is 9.15 Å². The van der Waals surface area contributed by atoms with Crippen molar-refractivity contribution in [1.82, 2.24) is 14.8 Å². The molecule has 8 heteroatoms. The first kappa shape index (κ1) is 22.0. The minimum Gasteiger partial charge on any atom is -0.493 e. The van der Waals surface area contributed by atoms with E-state index < -0.39 is 0 Å². The number of thioether (sulfide) groups is 1. The molecule has 0 atom stereocenters. The summed E-state index contributed by atoms with van der Waals surface area (Å²) in [6.07, 6.45) is 0. The number of nitrogens with zero attached hydrogens (tertiary/aromatic N) is 3. The van der Waals surface area contributed by atoms with E-state index in [9.17, 15) is 4.79 Å². The number of nitrogens with one attached hydrogen (secondary N) is 1. The molecule has 1 amide bonds. The smallest absolute Gasteiger partial charge is 0.234 e. The minimum absolute atomic E-state index is 0.0780. The van der Waals surface area contributed by atoms with Crippen molar-refractivity contribution >= 4 is 34.3 Å². The number of rotatable bonds is 7. The lowest BCUT2D eigenvalue weighted by atomic mass is 10.1. The van der Waals surface area contributed by atoms with Gasteiger partial charge in [-0.2, -0.15) is 0 Å².